The zero-order valence-corrected chi connectivity index (χ0v) is 11.1. The SMILES string of the molecule is c1cnn(C[C@H]2CN(CCC3OCCO3)CCO2)c1. The number of ether oxygens (including phenoxy) is 3. The van der Waals surface area contributed by atoms with Gasteiger partial charge in [0, 0.05) is 38.4 Å². The molecule has 0 spiro atoms. The first-order valence-electron chi connectivity index (χ1n) is 6.95. The second-order valence-electron chi connectivity index (χ2n) is 4.98. The molecule has 0 N–H and O–H groups in total. The second-order valence-corrected chi connectivity index (χ2v) is 4.98. The highest BCUT2D eigenvalue weighted by Crippen LogP contribution is 2.12. The molecule has 0 saturated carbocycles. The first-order chi connectivity index (χ1) is 9.40. The van der Waals surface area contributed by atoms with E-state index >= 15 is 0 Å². The van der Waals surface area contributed by atoms with Crippen LogP contribution in [0.25, 0.3) is 0 Å². The van der Waals surface area contributed by atoms with Gasteiger partial charge in [0.2, 0.25) is 0 Å². The molecule has 2 aliphatic rings. The van der Waals surface area contributed by atoms with E-state index in [0.717, 1.165) is 52.4 Å². The zero-order chi connectivity index (χ0) is 12.9. The molecule has 19 heavy (non-hydrogen) atoms. The van der Waals surface area contributed by atoms with Crippen molar-refractivity contribution in [2.75, 3.05) is 39.5 Å². The predicted molar refractivity (Wildman–Crippen MR) is 68.7 cm³/mol. The van der Waals surface area contributed by atoms with Crippen molar-refractivity contribution in [3.8, 4) is 0 Å². The van der Waals surface area contributed by atoms with E-state index in [2.05, 4.69) is 10.00 Å². The summed E-state index contributed by atoms with van der Waals surface area (Å²) in [4.78, 5) is 2.42. The van der Waals surface area contributed by atoms with Crippen LogP contribution >= 0.6 is 0 Å². The number of nitrogens with zero attached hydrogens (tertiary/aromatic N) is 3. The van der Waals surface area contributed by atoms with Gasteiger partial charge in [0.25, 0.3) is 0 Å². The first-order valence-corrected chi connectivity index (χ1v) is 6.95. The van der Waals surface area contributed by atoms with Crippen LogP contribution < -0.4 is 0 Å². The third-order valence-corrected chi connectivity index (χ3v) is 3.54. The number of rotatable bonds is 5. The Morgan fingerprint density at radius 2 is 2.05 bits per heavy atom. The number of hydrogen-bond donors (Lipinski definition) is 0. The molecule has 0 amide bonds. The number of aromatic nitrogens is 2. The first kappa shape index (κ1) is 13.1. The van der Waals surface area contributed by atoms with E-state index in [1.165, 1.54) is 0 Å². The molecular formula is C13H21N3O3. The lowest BCUT2D eigenvalue weighted by Gasteiger charge is -2.33. The van der Waals surface area contributed by atoms with E-state index in [-0.39, 0.29) is 12.4 Å². The molecule has 106 valence electrons. The van der Waals surface area contributed by atoms with Crippen molar-refractivity contribution in [3.63, 3.8) is 0 Å². The van der Waals surface area contributed by atoms with E-state index in [1.54, 1.807) is 6.20 Å². The average molecular weight is 267 g/mol. The van der Waals surface area contributed by atoms with Crippen molar-refractivity contribution in [2.24, 2.45) is 0 Å². The van der Waals surface area contributed by atoms with Gasteiger partial charge in [-0.1, -0.05) is 0 Å². The third-order valence-electron chi connectivity index (χ3n) is 3.54. The molecule has 1 aromatic heterocycles. The van der Waals surface area contributed by atoms with Crippen LogP contribution in [0.3, 0.4) is 0 Å². The van der Waals surface area contributed by atoms with E-state index in [9.17, 15) is 0 Å². The number of morpholine rings is 1. The highest BCUT2D eigenvalue weighted by atomic mass is 16.7. The Bertz CT molecular complexity index is 365. The van der Waals surface area contributed by atoms with Crippen LogP contribution in [0.1, 0.15) is 6.42 Å². The summed E-state index contributed by atoms with van der Waals surface area (Å²) in [6.07, 6.45) is 4.93. The zero-order valence-electron chi connectivity index (χ0n) is 11.1. The number of hydrogen-bond acceptors (Lipinski definition) is 5. The van der Waals surface area contributed by atoms with E-state index in [4.69, 9.17) is 14.2 Å². The summed E-state index contributed by atoms with van der Waals surface area (Å²) in [6, 6.07) is 1.94. The minimum atomic E-state index is -0.00703. The monoisotopic (exact) mass is 267 g/mol. The van der Waals surface area contributed by atoms with Crippen molar-refractivity contribution in [1.82, 2.24) is 14.7 Å². The Hall–Kier alpha value is -0.950. The molecule has 1 aromatic rings. The van der Waals surface area contributed by atoms with Crippen LogP contribution in [0.2, 0.25) is 0 Å². The normalized spacial score (nSPS) is 26.0. The third kappa shape index (κ3) is 3.76. The molecule has 3 heterocycles. The quantitative estimate of drug-likeness (QED) is 0.770. The van der Waals surface area contributed by atoms with Crippen molar-refractivity contribution in [1.29, 1.82) is 0 Å². The van der Waals surface area contributed by atoms with Gasteiger partial charge in [-0.05, 0) is 6.07 Å². The fourth-order valence-corrected chi connectivity index (χ4v) is 2.57. The fourth-order valence-electron chi connectivity index (χ4n) is 2.57. The molecule has 0 radical (unpaired) electrons. The largest absolute Gasteiger partial charge is 0.374 e. The average Bonchev–Trinajstić information content (AvgIpc) is 3.10. The Morgan fingerprint density at radius 3 is 2.84 bits per heavy atom. The standard InChI is InChI=1S/C13H21N3O3/c1-3-14-16(4-1)11-12-10-15(6-7-17-12)5-2-13-18-8-9-19-13/h1,3-4,12-13H,2,5-11H2/t12-/m1/s1. The maximum Gasteiger partial charge on any atom is 0.159 e. The molecule has 3 rings (SSSR count). The van der Waals surface area contributed by atoms with Crippen molar-refractivity contribution in [3.05, 3.63) is 18.5 Å². The summed E-state index contributed by atoms with van der Waals surface area (Å²) in [6.45, 7) is 6.02. The van der Waals surface area contributed by atoms with Gasteiger partial charge in [-0.2, -0.15) is 5.10 Å². The molecule has 2 aliphatic heterocycles. The smallest absolute Gasteiger partial charge is 0.159 e. The van der Waals surface area contributed by atoms with E-state index < -0.39 is 0 Å². The van der Waals surface area contributed by atoms with Crippen LogP contribution in [-0.4, -0.2) is 66.5 Å². The maximum atomic E-state index is 5.79. The van der Waals surface area contributed by atoms with Crippen LogP contribution in [0.5, 0.6) is 0 Å². The van der Waals surface area contributed by atoms with Crippen LogP contribution in [0.4, 0.5) is 0 Å². The van der Waals surface area contributed by atoms with Gasteiger partial charge in [-0.15, -0.1) is 0 Å². The Balaban J connectivity index is 1.42. The molecule has 0 unspecified atom stereocenters. The second kappa shape index (κ2) is 6.47. The van der Waals surface area contributed by atoms with Crippen LogP contribution in [0, 0.1) is 0 Å². The van der Waals surface area contributed by atoms with Gasteiger partial charge >= 0.3 is 0 Å². The lowest BCUT2D eigenvalue weighted by molar-refractivity contribution is -0.0694. The highest BCUT2D eigenvalue weighted by Gasteiger charge is 2.23. The molecule has 0 aromatic carbocycles. The summed E-state index contributed by atoms with van der Waals surface area (Å²) in [7, 11) is 0. The lowest BCUT2D eigenvalue weighted by atomic mass is 10.2. The molecule has 2 fully saturated rings. The van der Waals surface area contributed by atoms with Crippen LogP contribution in [0.15, 0.2) is 18.5 Å². The Labute approximate surface area is 113 Å². The molecule has 0 aliphatic carbocycles. The topological polar surface area (TPSA) is 48.8 Å². The molecule has 6 heteroatoms. The Morgan fingerprint density at radius 1 is 1.16 bits per heavy atom. The van der Waals surface area contributed by atoms with E-state index in [0.29, 0.717) is 0 Å². The van der Waals surface area contributed by atoms with Crippen molar-refractivity contribution in [2.45, 2.75) is 25.4 Å². The Kier molecular flexibility index (Phi) is 4.45. The van der Waals surface area contributed by atoms with Crippen LogP contribution in [-0.2, 0) is 20.8 Å². The molecular weight excluding hydrogens is 246 g/mol. The maximum absolute atomic E-state index is 5.79. The van der Waals surface area contributed by atoms with E-state index in [1.807, 2.05) is 16.9 Å². The van der Waals surface area contributed by atoms with Gasteiger partial charge in [0.1, 0.15) is 0 Å². The molecule has 6 nitrogen and oxygen atoms in total. The van der Waals surface area contributed by atoms with Crippen molar-refractivity contribution >= 4 is 0 Å². The lowest BCUT2D eigenvalue weighted by Crippen LogP contribution is -2.45. The van der Waals surface area contributed by atoms with Gasteiger partial charge < -0.3 is 14.2 Å². The fraction of sp³-hybridized carbons (Fsp3) is 0.769. The van der Waals surface area contributed by atoms with Gasteiger partial charge in [0.05, 0.1) is 32.5 Å². The molecule has 2 saturated heterocycles. The molecule has 0 bridgehead atoms. The summed E-state index contributed by atoms with van der Waals surface area (Å²) >= 11 is 0. The summed E-state index contributed by atoms with van der Waals surface area (Å²) in [5.41, 5.74) is 0. The summed E-state index contributed by atoms with van der Waals surface area (Å²) in [5.74, 6) is 0. The van der Waals surface area contributed by atoms with Gasteiger partial charge in [0.15, 0.2) is 6.29 Å². The summed E-state index contributed by atoms with van der Waals surface area (Å²) < 4.78 is 18.6. The van der Waals surface area contributed by atoms with Crippen molar-refractivity contribution < 1.29 is 14.2 Å². The minimum absolute atomic E-state index is 0.00703. The predicted octanol–water partition coefficient (Wildman–Crippen LogP) is 0.347. The minimum Gasteiger partial charge on any atom is -0.374 e. The van der Waals surface area contributed by atoms with Gasteiger partial charge in [-0.3, -0.25) is 9.58 Å². The molecule has 1 atom stereocenters. The van der Waals surface area contributed by atoms with Gasteiger partial charge in [-0.25, -0.2) is 0 Å². The summed E-state index contributed by atoms with van der Waals surface area (Å²) in [5, 5.41) is 4.22. The highest BCUT2D eigenvalue weighted by molar-refractivity contribution is 4.80.